The highest BCUT2D eigenvalue weighted by molar-refractivity contribution is 9.10. The van der Waals surface area contributed by atoms with Crippen LogP contribution >= 0.6 is 15.9 Å². The molecule has 21 heavy (non-hydrogen) atoms. The van der Waals surface area contributed by atoms with E-state index in [1.54, 1.807) is 18.2 Å². The largest absolute Gasteiger partial charge is 0.406 e. The Morgan fingerprint density at radius 3 is 2.67 bits per heavy atom. The third-order valence-electron chi connectivity index (χ3n) is 2.84. The number of aryl methyl sites for hydroxylation is 1. The number of rotatable bonds is 3. The summed E-state index contributed by atoms with van der Waals surface area (Å²) in [6.07, 6.45) is -3.14. The van der Waals surface area contributed by atoms with Crippen molar-refractivity contribution in [1.29, 1.82) is 0 Å². The molecule has 1 N–H and O–H groups in total. The van der Waals surface area contributed by atoms with Crippen molar-refractivity contribution in [2.75, 3.05) is 5.32 Å². The number of nitrogens with zero attached hydrogens (tertiary/aromatic N) is 1. The number of hydrogen-bond donors (Lipinski definition) is 1. The summed E-state index contributed by atoms with van der Waals surface area (Å²) < 4.78 is 39.0. The van der Waals surface area contributed by atoms with Gasteiger partial charge in [-0.25, -0.2) is 0 Å². The van der Waals surface area contributed by atoms with Crippen LogP contribution in [-0.4, -0.2) is 16.7 Å². The molecule has 0 saturated heterocycles. The Kier molecular flexibility index (Phi) is 4.41. The smallest absolute Gasteiger partial charge is 0.334 e. The van der Waals surface area contributed by atoms with Gasteiger partial charge >= 0.3 is 6.18 Å². The lowest BCUT2D eigenvalue weighted by molar-refractivity contribution is -0.140. The molecule has 112 valence electrons. The lowest BCUT2D eigenvalue weighted by atomic mass is 10.2. The Labute approximate surface area is 127 Å². The molecule has 0 saturated carbocycles. The fourth-order valence-electron chi connectivity index (χ4n) is 1.82. The number of nitrogens with one attached hydrogen (secondary N) is 1. The summed E-state index contributed by atoms with van der Waals surface area (Å²) in [5.74, 6) is -0.583. The van der Waals surface area contributed by atoms with Crippen LogP contribution < -0.4 is 5.32 Å². The van der Waals surface area contributed by atoms with Gasteiger partial charge in [0.2, 0.25) is 0 Å². The van der Waals surface area contributed by atoms with Crippen molar-refractivity contribution in [3.05, 3.63) is 52.3 Å². The molecule has 1 amide bonds. The molecule has 0 spiro atoms. The van der Waals surface area contributed by atoms with Gasteiger partial charge < -0.3 is 9.88 Å². The van der Waals surface area contributed by atoms with Crippen LogP contribution in [0.25, 0.3) is 0 Å². The molecule has 0 atom stereocenters. The van der Waals surface area contributed by atoms with Gasteiger partial charge in [-0.2, -0.15) is 13.2 Å². The summed E-state index contributed by atoms with van der Waals surface area (Å²) in [5.41, 5.74) is 1.47. The predicted molar refractivity (Wildman–Crippen MR) is 77.3 cm³/mol. The van der Waals surface area contributed by atoms with Crippen molar-refractivity contribution < 1.29 is 18.0 Å². The van der Waals surface area contributed by atoms with E-state index in [2.05, 4.69) is 21.2 Å². The van der Waals surface area contributed by atoms with E-state index in [9.17, 15) is 18.0 Å². The summed E-state index contributed by atoms with van der Waals surface area (Å²) in [4.78, 5) is 12.1. The summed E-state index contributed by atoms with van der Waals surface area (Å²) in [6, 6.07) is 7.95. The molecule has 1 aromatic carbocycles. The molecule has 0 aliphatic rings. The second-order valence-electron chi connectivity index (χ2n) is 4.55. The first-order chi connectivity index (χ1) is 9.76. The number of halogens is 4. The van der Waals surface area contributed by atoms with E-state index in [0.29, 0.717) is 5.69 Å². The third-order valence-corrected chi connectivity index (χ3v) is 3.70. The van der Waals surface area contributed by atoms with Crippen LogP contribution in [0.4, 0.5) is 18.9 Å². The van der Waals surface area contributed by atoms with Gasteiger partial charge in [0, 0.05) is 16.4 Å². The van der Waals surface area contributed by atoms with Crippen LogP contribution in [0.5, 0.6) is 0 Å². The molecule has 7 heteroatoms. The van der Waals surface area contributed by atoms with E-state index in [1.165, 1.54) is 18.3 Å². The van der Waals surface area contributed by atoms with Crippen LogP contribution in [0.15, 0.2) is 41.0 Å². The standard InChI is InChI=1S/C14H12BrF3N2O/c1-9-4-5-10(7-11(9)15)19-13(21)12-3-2-6-20(12)8-14(16,17)18/h2-7H,8H2,1H3,(H,19,21). The average molecular weight is 361 g/mol. The van der Waals surface area contributed by atoms with Crippen molar-refractivity contribution in [1.82, 2.24) is 4.57 Å². The lowest BCUT2D eigenvalue weighted by Gasteiger charge is -2.12. The summed E-state index contributed by atoms with van der Waals surface area (Å²) in [5, 5.41) is 2.58. The molecule has 0 bridgehead atoms. The monoisotopic (exact) mass is 360 g/mol. The Hall–Kier alpha value is -1.76. The zero-order valence-corrected chi connectivity index (χ0v) is 12.6. The van der Waals surface area contributed by atoms with E-state index in [-0.39, 0.29) is 5.69 Å². The fourth-order valence-corrected chi connectivity index (χ4v) is 2.20. The maximum absolute atomic E-state index is 12.4. The number of aromatic nitrogens is 1. The predicted octanol–water partition coefficient (Wildman–Crippen LogP) is 4.37. The fraction of sp³-hybridized carbons (Fsp3) is 0.214. The lowest BCUT2D eigenvalue weighted by Crippen LogP contribution is -2.23. The highest BCUT2D eigenvalue weighted by atomic mass is 79.9. The topological polar surface area (TPSA) is 34.0 Å². The molecule has 0 aliphatic heterocycles. The van der Waals surface area contributed by atoms with Gasteiger partial charge in [-0.1, -0.05) is 22.0 Å². The quantitative estimate of drug-likeness (QED) is 0.865. The van der Waals surface area contributed by atoms with E-state index < -0.39 is 18.6 Å². The van der Waals surface area contributed by atoms with Gasteiger partial charge in [0.15, 0.2) is 0 Å². The first kappa shape index (κ1) is 15.6. The zero-order valence-electron chi connectivity index (χ0n) is 11.0. The number of benzene rings is 1. The first-order valence-corrected chi connectivity index (χ1v) is 6.85. The maximum atomic E-state index is 12.4. The van der Waals surface area contributed by atoms with Crippen LogP contribution in [-0.2, 0) is 6.54 Å². The van der Waals surface area contributed by atoms with Gasteiger partial charge in [0.25, 0.3) is 5.91 Å². The number of anilines is 1. The van der Waals surface area contributed by atoms with Crippen molar-refractivity contribution in [3.8, 4) is 0 Å². The van der Waals surface area contributed by atoms with Gasteiger partial charge in [-0.15, -0.1) is 0 Å². The molecule has 1 heterocycles. The van der Waals surface area contributed by atoms with Crippen molar-refractivity contribution >= 4 is 27.5 Å². The number of hydrogen-bond acceptors (Lipinski definition) is 1. The molecule has 0 fully saturated rings. The SMILES string of the molecule is Cc1ccc(NC(=O)c2cccn2CC(F)(F)F)cc1Br. The van der Waals surface area contributed by atoms with E-state index in [4.69, 9.17) is 0 Å². The van der Waals surface area contributed by atoms with Gasteiger partial charge in [0.05, 0.1) is 0 Å². The first-order valence-electron chi connectivity index (χ1n) is 6.06. The third kappa shape index (κ3) is 4.10. The minimum absolute atomic E-state index is 0.0379. The Morgan fingerprint density at radius 1 is 1.33 bits per heavy atom. The van der Waals surface area contributed by atoms with Gasteiger partial charge in [0.1, 0.15) is 12.2 Å². The molecular formula is C14H12BrF3N2O. The molecular weight excluding hydrogens is 349 g/mol. The van der Waals surface area contributed by atoms with Gasteiger partial charge in [-0.3, -0.25) is 4.79 Å². The normalized spacial score (nSPS) is 11.5. The highest BCUT2D eigenvalue weighted by Crippen LogP contribution is 2.22. The van der Waals surface area contributed by atoms with Crippen molar-refractivity contribution in [3.63, 3.8) is 0 Å². The number of carbonyl (C=O) groups excluding carboxylic acids is 1. The Bertz CT molecular complexity index is 664. The average Bonchev–Trinajstić information content (AvgIpc) is 2.79. The number of alkyl halides is 3. The molecule has 2 aromatic rings. The summed E-state index contributed by atoms with van der Waals surface area (Å²) in [7, 11) is 0. The Balaban J connectivity index is 2.17. The molecule has 0 radical (unpaired) electrons. The molecule has 0 aliphatic carbocycles. The van der Waals surface area contributed by atoms with Crippen molar-refractivity contribution in [2.24, 2.45) is 0 Å². The van der Waals surface area contributed by atoms with E-state index >= 15 is 0 Å². The highest BCUT2D eigenvalue weighted by Gasteiger charge is 2.29. The van der Waals surface area contributed by atoms with Crippen LogP contribution in [0.2, 0.25) is 0 Å². The van der Waals surface area contributed by atoms with Gasteiger partial charge in [-0.05, 0) is 36.8 Å². The summed E-state index contributed by atoms with van der Waals surface area (Å²) >= 11 is 3.33. The van der Waals surface area contributed by atoms with Crippen molar-refractivity contribution in [2.45, 2.75) is 19.6 Å². The zero-order chi connectivity index (χ0) is 15.6. The number of amides is 1. The maximum Gasteiger partial charge on any atom is 0.406 e. The van der Waals surface area contributed by atoms with Crippen LogP contribution in [0.1, 0.15) is 16.1 Å². The number of carbonyl (C=O) groups is 1. The Morgan fingerprint density at radius 2 is 2.05 bits per heavy atom. The van der Waals surface area contributed by atoms with Crippen LogP contribution in [0.3, 0.4) is 0 Å². The summed E-state index contributed by atoms with van der Waals surface area (Å²) in [6.45, 7) is 0.699. The molecule has 3 nitrogen and oxygen atoms in total. The molecule has 1 aromatic heterocycles. The second-order valence-corrected chi connectivity index (χ2v) is 5.41. The van der Waals surface area contributed by atoms with E-state index in [0.717, 1.165) is 14.6 Å². The minimum atomic E-state index is -4.37. The van der Waals surface area contributed by atoms with E-state index in [1.807, 2.05) is 6.92 Å². The minimum Gasteiger partial charge on any atom is -0.334 e. The van der Waals surface area contributed by atoms with Crippen LogP contribution in [0, 0.1) is 6.92 Å². The molecule has 0 unspecified atom stereocenters. The second kappa shape index (κ2) is 5.93. The molecule has 2 rings (SSSR count).